The summed E-state index contributed by atoms with van der Waals surface area (Å²) >= 11 is 8.90. The molecule has 0 fully saturated rings. The Kier molecular flexibility index (Phi) is 4.55. The largest absolute Gasteiger partial charge is 0.353 e. The van der Waals surface area contributed by atoms with Gasteiger partial charge in [0.1, 0.15) is 0 Å². The maximum atomic E-state index is 5.34. The molecule has 0 atom stereocenters. The van der Waals surface area contributed by atoms with Gasteiger partial charge in [0.05, 0.1) is 11.4 Å². The number of thiocarbonyl (C=S) groups is 1. The van der Waals surface area contributed by atoms with Crippen molar-refractivity contribution < 1.29 is 0 Å². The van der Waals surface area contributed by atoms with Crippen LogP contribution in [0.1, 0.15) is 24.1 Å². The maximum Gasteiger partial charge on any atom is 0.191 e. The fourth-order valence-corrected chi connectivity index (χ4v) is 3.72. The standard InChI is InChI=1S/C19H17BrN4S/c20-12-9-10-16-15(11-12)14-7-4-8-17(18(14)22-16)23-24-19(25)21-13-5-2-1-3-6-13/h1-3,5-6,9-11,22H,4,7-8H2,(H2,21,24,25)/b23-17+. The van der Waals surface area contributed by atoms with Crippen molar-refractivity contribution >= 4 is 55.6 Å². The molecule has 0 amide bonds. The molecule has 0 bridgehead atoms. The van der Waals surface area contributed by atoms with Crippen molar-refractivity contribution in [3.05, 3.63) is 64.3 Å². The summed E-state index contributed by atoms with van der Waals surface area (Å²) < 4.78 is 1.09. The van der Waals surface area contributed by atoms with Crippen molar-refractivity contribution in [1.82, 2.24) is 10.4 Å². The lowest BCUT2D eigenvalue weighted by Crippen LogP contribution is -2.26. The number of para-hydroxylation sites is 1. The van der Waals surface area contributed by atoms with E-state index in [1.54, 1.807) is 0 Å². The number of hydrogen-bond donors (Lipinski definition) is 3. The van der Waals surface area contributed by atoms with Crippen molar-refractivity contribution in [2.75, 3.05) is 5.32 Å². The zero-order valence-corrected chi connectivity index (χ0v) is 15.9. The smallest absolute Gasteiger partial charge is 0.191 e. The molecule has 1 aliphatic carbocycles. The van der Waals surface area contributed by atoms with Crippen LogP contribution in [0.4, 0.5) is 5.69 Å². The summed E-state index contributed by atoms with van der Waals surface area (Å²) in [5.74, 6) is 0. The molecule has 1 aliphatic rings. The van der Waals surface area contributed by atoms with Gasteiger partial charge in [0.2, 0.25) is 0 Å². The third-order valence-corrected chi connectivity index (χ3v) is 5.01. The number of aryl methyl sites for hydroxylation is 1. The first-order valence-corrected chi connectivity index (χ1v) is 9.40. The quantitative estimate of drug-likeness (QED) is 0.411. The molecule has 3 N–H and O–H groups in total. The number of anilines is 1. The Morgan fingerprint density at radius 2 is 1.96 bits per heavy atom. The number of nitrogens with zero attached hydrogens (tertiary/aromatic N) is 1. The minimum absolute atomic E-state index is 0.490. The van der Waals surface area contributed by atoms with Crippen LogP contribution in [-0.2, 0) is 6.42 Å². The van der Waals surface area contributed by atoms with Crippen molar-refractivity contribution in [2.45, 2.75) is 19.3 Å². The Bertz CT molecular complexity index is 962. The van der Waals surface area contributed by atoms with E-state index < -0.39 is 0 Å². The molecule has 0 saturated heterocycles. The number of aromatic amines is 1. The molecule has 3 aromatic rings. The van der Waals surface area contributed by atoms with Crippen molar-refractivity contribution in [2.24, 2.45) is 5.10 Å². The Labute approximate surface area is 159 Å². The number of hydrazone groups is 1. The van der Waals surface area contributed by atoms with Gasteiger partial charge in [-0.1, -0.05) is 34.1 Å². The van der Waals surface area contributed by atoms with Crippen LogP contribution in [0.3, 0.4) is 0 Å². The number of halogens is 1. The molecule has 0 unspecified atom stereocenters. The number of fused-ring (bicyclic) bond motifs is 3. The van der Waals surface area contributed by atoms with Crippen LogP contribution in [-0.4, -0.2) is 15.8 Å². The van der Waals surface area contributed by atoms with Gasteiger partial charge >= 0.3 is 0 Å². The minimum Gasteiger partial charge on any atom is -0.353 e. The van der Waals surface area contributed by atoms with E-state index in [0.29, 0.717) is 5.11 Å². The molecular weight excluding hydrogens is 396 g/mol. The van der Waals surface area contributed by atoms with E-state index in [9.17, 15) is 0 Å². The van der Waals surface area contributed by atoms with Gasteiger partial charge < -0.3 is 10.3 Å². The van der Waals surface area contributed by atoms with Crippen LogP contribution in [0.25, 0.3) is 10.9 Å². The highest BCUT2D eigenvalue weighted by molar-refractivity contribution is 9.10. The van der Waals surface area contributed by atoms with E-state index in [-0.39, 0.29) is 0 Å². The first-order valence-electron chi connectivity index (χ1n) is 8.20. The van der Waals surface area contributed by atoms with Gasteiger partial charge in [-0.2, -0.15) is 5.10 Å². The summed E-state index contributed by atoms with van der Waals surface area (Å²) in [6.07, 6.45) is 3.09. The van der Waals surface area contributed by atoms with Crippen LogP contribution in [0.2, 0.25) is 0 Å². The van der Waals surface area contributed by atoms with E-state index in [4.69, 9.17) is 12.2 Å². The normalized spacial score (nSPS) is 15.2. The lowest BCUT2D eigenvalue weighted by atomic mass is 9.94. The SMILES string of the molecule is S=C(N/N=C1\CCCc2c1[nH]c1ccc(Br)cc21)Nc1ccccc1. The van der Waals surface area contributed by atoms with E-state index in [1.165, 1.54) is 10.9 Å². The summed E-state index contributed by atoms with van der Waals surface area (Å²) in [4.78, 5) is 3.51. The second-order valence-electron chi connectivity index (χ2n) is 6.01. The third kappa shape index (κ3) is 3.45. The van der Waals surface area contributed by atoms with E-state index in [2.05, 4.69) is 55.0 Å². The number of aromatic nitrogens is 1. The molecule has 25 heavy (non-hydrogen) atoms. The summed E-state index contributed by atoms with van der Waals surface area (Å²) in [5, 5.41) is 9.45. The molecule has 0 spiro atoms. The maximum absolute atomic E-state index is 5.34. The molecule has 1 aromatic heterocycles. The van der Waals surface area contributed by atoms with Gasteiger partial charge in [-0.3, -0.25) is 5.43 Å². The topological polar surface area (TPSA) is 52.2 Å². The molecule has 0 saturated carbocycles. The second kappa shape index (κ2) is 6.98. The van der Waals surface area contributed by atoms with E-state index in [0.717, 1.165) is 46.3 Å². The molecule has 126 valence electrons. The molecule has 2 aromatic carbocycles. The van der Waals surface area contributed by atoms with Crippen molar-refractivity contribution in [3.8, 4) is 0 Å². The van der Waals surface area contributed by atoms with Gasteiger partial charge in [-0.05, 0) is 67.4 Å². The Balaban J connectivity index is 1.57. The van der Waals surface area contributed by atoms with Gasteiger partial charge in [-0.15, -0.1) is 0 Å². The van der Waals surface area contributed by atoms with Crippen LogP contribution in [0, 0.1) is 0 Å². The van der Waals surface area contributed by atoms with Crippen LogP contribution in [0.5, 0.6) is 0 Å². The van der Waals surface area contributed by atoms with Crippen molar-refractivity contribution in [3.63, 3.8) is 0 Å². The Hall–Kier alpha value is -2.18. The zero-order valence-electron chi connectivity index (χ0n) is 13.5. The number of nitrogens with one attached hydrogen (secondary N) is 3. The molecule has 1 heterocycles. The van der Waals surface area contributed by atoms with Crippen LogP contribution in [0.15, 0.2) is 58.1 Å². The second-order valence-corrected chi connectivity index (χ2v) is 7.34. The fourth-order valence-electron chi connectivity index (χ4n) is 3.19. The Morgan fingerprint density at radius 1 is 1.12 bits per heavy atom. The van der Waals surface area contributed by atoms with Crippen molar-refractivity contribution in [1.29, 1.82) is 0 Å². The van der Waals surface area contributed by atoms with Gasteiger partial charge in [0.25, 0.3) is 0 Å². The minimum atomic E-state index is 0.490. The first-order chi connectivity index (χ1) is 12.2. The summed E-state index contributed by atoms with van der Waals surface area (Å²) in [7, 11) is 0. The molecular formula is C19H17BrN4S. The average Bonchev–Trinajstić information content (AvgIpc) is 2.99. The number of rotatable bonds is 2. The van der Waals surface area contributed by atoms with E-state index >= 15 is 0 Å². The molecule has 4 nitrogen and oxygen atoms in total. The highest BCUT2D eigenvalue weighted by atomic mass is 79.9. The van der Waals surface area contributed by atoms with E-state index in [1.807, 2.05) is 30.3 Å². The molecule has 0 radical (unpaired) electrons. The summed E-state index contributed by atoms with van der Waals surface area (Å²) in [6.45, 7) is 0. The highest BCUT2D eigenvalue weighted by Crippen LogP contribution is 2.31. The lowest BCUT2D eigenvalue weighted by molar-refractivity contribution is 0.830. The van der Waals surface area contributed by atoms with Crippen LogP contribution >= 0.6 is 28.1 Å². The monoisotopic (exact) mass is 412 g/mol. The van der Waals surface area contributed by atoms with Crippen LogP contribution < -0.4 is 10.7 Å². The average molecular weight is 413 g/mol. The Morgan fingerprint density at radius 3 is 2.80 bits per heavy atom. The third-order valence-electron chi connectivity index (χ3n) is 4.32. The van der Waals surface area contributed by atoms with Gasteiger partial charge in [-0.25, -0.2) is 0 Å². The predicted molar refractivity (Wildman–Crippen MR) is 111 cm³/mol. The number of H-pyrrole nitrogens is 1. The highest BCUT2D eigenvalue weighted by Gasteiger charge is 2.20. The molecule has 6 heteroatoms. The first kappa shape index (κ1) is 16.3. The summed E-state index contributed by atoms with van der Waals surface area (Å²) in [6, 6.07) is 16.2. The van der Waals surface area contributed by atoms with Gasteiger partial charge in [0, 0.05) is 21.1 Å². The predicted octanol–water partition coefficient (Wildman–Crippen LogP) is 4.96. The van der Waals surface area contributed by atoms with Gasteiger partial charge in [0.15, 0.2) is 5.11 Å². The lowest BCUT2D eigenvalue weighted by Gasteiger charge is -2.15. The summed E-state index contributed by atoms with van der Waals surface area (Å²) in [5.41, 5.74) is 8.54. The zero-order chi connectivity index (χ0) is 17.2. The number of benzene rings is 2. The fraction of sp³-hybridized carbons (Fsp3) is 0.158. The molecule has 0 aliphatic heterocycles. The molecule has 4 rings (SSSR count). The number of hydrogen-bond acceptors (Lipinski definition) is 2.